The first-order chi connectivity index (χ1) is 8.91. The maximum Gasteiger partial charge on any atom is 0.335 e. The monoisotopic (exact) mass is 267 g/mol. The van der Waals surface area contributed by atoms with E-state index in [1.165, 1.54) is 6.92 Å². The summed E-state index contributed by atoms with van der Waals surface area (Å²) in [5.41, 5.74) is -0.952. The number of carboxylic acids is 1. The molecule has 0 bridgehead atoms. The maximum absolute atomic E-state index is 13.4. The van der Waals surface area contributed by atoms with Crippen molar-refractivity contribution in [2.75, 3.05) is 6.54 Å². The first-order valence-corrected chi connectivity index (χ1v) is 5.37. The van der Waals surface area contributed by atoms with Gasteiger partial charge in [-0.2, -0.15) is 0 Å². The second-order valence-corrected chi connectivity index (χ2v) is 3.65. The van der Waals surface area contributed by atoms with Crippen LogP contribution in [-0.2, 0) is 4.79 Å². The number of amides is 1. The van der Waals surface area contributed by atoms with E-state index in [0.29, 0.717) is 12.1 Å². The number of rotatable bonds is 3. The number of halogens is 2. The summed E-state index contributed by atoms with van der Waals surface area (Å²) in [4.78, 5) is 21.1. The number of nitrogens with one attached hydrogen (secondary N) is 1. The van der Waals surface area contributed by atoms with Crippen molar-refractivity contribution in [3.05, 3.63) is 34.9 Å². The third-order valence-corrected chi connectivity index (χ3v) is 2.13. The molecule has 0 saturated heterocycles. The molecular weight excluding hydrogens is 256 g/mol. The first-order valence-electron chi connectivity index (χ1n) is 5.37. The third kappa shape index (κ3) is 4.39. The van der Waals surface area contributed by atoms with E-state index in [2.05, 4.69) is 17.2 Å². The molecule has 100 valence electrons. The Kier molecular flexibility index (Phi) is 5.01. The van der Waals surface area contributed by atoms with Gasteiger partial charge in [0, 0.05) is 19.9 Å². The molecule has 0 aliphatic rings. The zero-order valence-corrected chi connectivity index (χ0v) is 10.1. The van der Waals surface area contributed by atoms with Crippen LogP contribution < -0.4 is 5.32 Å². The van der Waals surface area contributed by atoms with E-state index in [-0.39, 0.29) is 18.9 Å². The van der Waals surface area contributed by atoms with Crippen LogP contribution in [-0.4, -0.2) is 23.5 Å². The lowest BCUT2D eigenvalue weighted by Gasteiger charge is -2.00. The normalized spacial score (nSPS) is 9.42. The van der Waals surface area contributed by atoms with Crippen LogP contribution in [0.2, 0.25) is 0 Å². The molecule has 0 radical (unpaired) electrons. The van der Waals surface area contributed by atoms with Gasteiger partial charge in [-0.15, -0.1) is 0 Å². The van der Waals surface area contributed by atoms with E-state index in [1.807, 2.05) is 0 Å². The van der Waals surface area contributed by atoms with E-state index in [4.69, 9.17) is 5.11 Å². The van der Waals surface area contributed by atoms with Gasteiger partial charge in [0.15, 0.2) is 0 Å². The van der Waals surface area contributed by atoms with Gasteiger partial charge < -0.3 is 10.4 Å². The quantitative estimate of drug-likeness (QED) is 0.645. The summed E-state index contributed by atoms with van der Waals surface area (Å²) >= 11 is 0. The largest absolute Gasteiger partial charge is 0.478 e. The minimum atomic E-state index is -1.41. The van der Waals surface area contributed by atoms with Gasteiger partial charge in [0.25, 0.3) is 0 Å². The van der Waals surface area contributed by atoms with Crippen molar-refractivity contribution in [2.45, 2.75) is 13.3 Å². The van der Waals surface area contributed by atoms with E-state index in [0.717, 1.165) is 0 Å². The van der Waals surface area contributed by atoms with Gasteiger partial charge in [-0.3, -0.25) is 4.79 Å². The van der Waals surface area contributed by atoms with Crippen LogP contribution in [0.5, 0.6) is 0 Å². The van der Waals surface area contributed by atoms with Crippen LogP contribution in [0.1, 0.15) is 29.3 Å². The second-order valence-electron chi connectivity index (χ2n) is 3.65. The molecule has 0 atom stereocenters. The summed E-state index contributed by atoms with van der Waals surface area (Å²) in [6.45, 7) is 1.62. The molecule has 0 aliphatic carbocycles. The van der Waals surface area contributed by atoms with Crippen LogP contribution in [0.15, 0.2) is 12.1 Å². The summed E-state index contributed by atoms with van der Waals surface area (Å²) < 4.78 is 26.9. The highest BCUT2D eigenvalue weighted by Crippen LogP contribution is 2.14. The Morgan fingerprint density at radius 2 is 1.89 bits per heavy atom. The lowest BCUT2D eigenvalue weighted by molar-refractivity contribution is -0.118. The fourth-order valence-corrected chi connectivity index (χ4v) is 1.27. The Bertz CT molecular complexity index is 550. The Balaban J connectivity index is 2.82. The first kappa shape index (κ1) is 14.6. The maximum atomic E-state index is 13.4. The minimum Gasteiger partial charge on any atom is -0.478 e. The smallest absolute Gasteiger partial charge is 0.335 e. The number of aromatic carboxylic acids is 1. The molecular formula is C13H11F2NO3. The molecule has 0 aliphatic heterocycles. The number of carbonyl (C=O) groups excluding carboxylic acids is 1. The second kappa shape index (κ2) is 6.50. The third-order valence-electron chi connectivity index (χ3n) is 2.13. The van der Waals surface area contributed by atoms with Crippen molar-refractivity contribution in [3.63, 3.8) is 0 Å². The molecule has 1 aromatic rings. The molecule has 6 heteroatoms. The van der Waals surface area contributed by atoms with Gasteiger partial charge in [0.2, 0.25) is 5.91 Å². The number of benzene rings is 1. The standard InChI is InChI=1S/C13H11F2NO3/c1-8(17)16-5-3-2-4-10-11(14)6-9(13(18)19)7-12(10)15/h6-7H,3,5H2,1H3,(H,16,17)(H,18,19). The lowest BCUT2D eigenvalue weighted by Crippen LogP contribution is -2.20. The van der Waals surface area contributed by atoms with E-state index in [1.54, 1.807) is 0 Å². The molecule has 0 unspecified atom stereocenters. The van der Waals surface area contributed by atoms with E-state index < -0.39 is 28.7 Å². The Labute approximate surface area is 108 Å². The molecule has 1 aromatic carbocycles. The number of hydrogen-bond acceptors (Lipinski definition) is 2. The van der Waals surface area contributed by atoms with Gasteiger partial charge in [0.1, 0.15) is 11.6 Å². The molecule has 1 rings (SSSR count). The zero-order chi connectivity index (χ0) is 14.4. The molecule has 0 saturated carbocycles. The van der Waals surface area contributed by atoms with Crippen molar-refractivity contribution in [3.8, 4) is 11.8 Å². The fourth-order valence-electron chi connectivity index (χ4n) is 1.27. The zero-order valence-electron chi connectivity index (χ0n) is 10.1. The average molecular weight is 267 g/mol. The number of carbonyl (C=O) groups is 2. The number of carboxylic acid groups (broad SMARTS) is 1. The van der Waals surface area contributed by atoms with Crippen LogP contribution in [0.25, 0.3) is 0 Å². The van der Waals surface area contributed by atoms with Crippen LogP contribution in [0, 0.1) is 23.5 Å². The predicted octanol–water partition coefficient (Wildman–Crippen LogP) is 1.54. The summed E-state index contributed by atoms with van der Waals surface area (Å²) in [6, 6.07) is 1.42. The molecule has 0 aromatic heterocycles. The van der Waals surface area contributed by atoms with Crippen molar-refractivity contribution in [1.82, 2.24) is 5.32 Å². The van der Waals surface area contributed by atoms with Gasteiger partial charge in [-0.25, -0.2) is 13.6 Å². The highest BCUT2D eigenvalue weighted by atomic mass is 19.1. The van der Waals surface area contributed by atoms with Gasteiger partial charge >= 0.3 is 5.97 Å². The average Bonchev–Trinajstić information content (AvgIpc) is 2.30. The van der Waals surface area contributed by atoms with E-state index in [9.17, 15) is 18.4 Å². The molecule has 19 heavy (non-hydrogen) atoms. The Hall–Kier alpha value is -2.42. The summed E-state index contributed by atoms with van der Waals surface area (Å²) in [7, 11) is 0. The number of hydrogen-bond donors (Lipinski definition) is 2. The fraction of sp³-hybridized carbons (Fsp3) is 0.231. The molecule has 2 N–H and O–H groups in total. The molecule has 0 spiro atoms. The Morgan fingerprint density at radius 1 is 1.32 bits per heavy atom. The van der Waals surface area contributed by atoms with Crippen LogP contribution >= 0.6 is 0 Å². The summed E-state index contributed by atoms with van der Waals surface area (Å²) in [5, 5.41) is 11.1. The highest BCUT2D eigenvalue weighted by Gasteiger charge is 2.12. The van der Waals surface area contributed by atoms with Crippen molar-refractivity contribution in [1.29, 1.82) is 0 Å². The van der Waals surface area contributed by atoms with Gasteiger partial charge in [-0.05, 0) is 12.1 Å². The Morgan fingerprint density at radius 3 is 2.37 bits per heavy atom. The SMILES string of the molecule is CC(=O)NCCC#Cc1c(F)cc(C(=O)O)cc1F. The van der Waals surface area contributed by atoms with Crippen molar-refractivity contribution in [2.24, 2.45) is 0 Å². The summed E-state index contributed by atoms with van der Waals surface area (Å²) in [5.74, 6) is 1.09. The van der Waals surface area contributed by atoms with Crippen LogP contribution in [0.4, 0.5) is 8.78 Å². The molecule has 0 fully saturated rings. The van der Waals surface area contributed by atoms with Crippen LogP contribution in [0.3, 0.4) is 0 Å². The highest BCUT2D eigenvalue weighted by molar-refractivity contribution is 5.87. The predicted molar refractivity (Wildman–Crippen MR) is 63.5 cm³/mol. The van der Waals surface area contributed by atoms with E-state index >= 15 is 0 Å². The molecule has 4 nitrogen and oxygen atoms in total. The van der Waals surface area contributed by atoms with Gasteiger partial charge in [-0.1, -0.05) is 11.8 Å². The van der Waals surface area contributed by atoms with Crippen molar-refractivity contribution < 1.29 is 23.5 Å². The van der Waals surface area contributed by atoms with Gasteiger partial charge in [0.05, 0.1) is 11.1 Å². The molecule has 0 heterocycles. The minimum absolute atomic E-state index is 0.218. The topological polar surface area (TPSA) is 66.4 Å². The lowest BCUT2D eigenvalue weighted by atomic mass is 10.1. The summed E-state index contributed by atoms with van der Waals surface area (Å²) in [6.07, 6.45) is 0.235. The van der Waals surface area contributed by atoms with Crippen molar-refractivity contribution >= 4 is 11.9 Å². The molecule has 1 amide bonds.